The Morgan fingerprint density at radius 2 is 1.68 bits per heavy atom. The molecule has 0 bridgehead atoms. The minimum atomic E-state index is 0.167. The third-order valence-electron chi connectivity index (χ3n) is 7.60. The molecule has 4 rings (SSSR count). The first-order valence-corrected chi connectivity index (χ1v) is 12.1. The molecule has 0 spiro atoms. The number of nitrogens with zero attached hydrogens (tertiary/aromatic N) is 4. The van der Waals surface area contributed by atoms with Gasteiger partial charge < -0.3 is 14.7 Å². The zero-order valence-electron chi connectivity index (χ0n) is 19.0. The van der Waals surface area contributed by atoms with Crippen LogP contribution >= 0.6 is 0 Å². The van der Waals surface area contributed by atoms with E-state index in [-0.39, 0.29) is 5.92 Å². The molecule has 0 radical (unpaired) electrons. The van der Waals surface area contributed by atoms with Crippen LogP contribution in [0, 0.1) is 12.8 Å². The molecule has 0 atom stereocenters. The van der Waals surface area contributed by atoms with Crippen molar-refractivity contribution in [1.29, 1.82) is 0 Å². The highest BCUT2D eigenvalue weighted by Crippen LogP contribution is 2.26. The third-order valence-corrected chi connectivity index (χ3v) is 7.60. The number of rotatable bonds is 5. The van der Waals surface area contributed by atoms with Gasteiger partial charge in [-0.1, -0.05) is 24.3 Å². The Bertz CT molecular complexity index is 739. The van der Waals surface area contributed by atoms with E-state index in [1.165, 1.54) is 37.1 Å². The molecular weight excluding hydrogens is 388 g/mol. The van der Waals surface area contributed by atoms with E-state index in [1.54, 1.807) is 4.90 Å². The Morgan fingerprint density at radius 3 is 2.39 bits per heavy atom. The maximum absolute atomic E-state index is 13.0. The van der Waals surface area contributed by atoms with Crippen LogP contribution in [0.15, 0.2) is 24.3 Å². The molecule has 170 valence electrons. The number of likely N-dealkylation sites (tertiary alicyclic amines) is 2. The number of piperidine rings is 2. The first-order chi connectivity index (χ1) is 15.1. The number of carbonyl (C=O) groups is 2. The molecule has 0 aromatic heterocycles. The molecule has 0 saturated carbocycles. The Hall–Kier alpha value is -1.92. The van der Waals surface area contributed by atoms with Gasteiger partial charge in [0.15, 0.2) is 0 Å². The summed E-state index contributed by atoms with van der Waals surface area (Å²) < 4.78 is 0. The zero-order valence-corrected chi connectivity index (χ0v) is 19.0. The second-order valence-corrected chi connectivity index (χ2v) is 9.56. The van der Waals surface area contributed by atoms with Crippen molar-refractivity contribution < 1.29 is 9.59 Å². The monoisotopic (exact) mass is 426 g/mol. The van der Waals surface area contributed by atoms with Crippen LogP contribution in [0.1, 0.15) is 43.2 Å². The van der Waals surface area contributed by atoms with Crippen LogP contribution in [0.4, 0.5) is 0 Å². The number of amides is 2. The highest BCUT2D eigenvalue weighted by atomic mass is 16.2. The summed E-state index contributed by atoms with van der Waals surface area (Å²) in [7, 11) is 0. The van der Waals surface area contributed by atoms with Crippen LogP contribution in [0.3, 0.4) is 0 Å². The Morgan fingerprint density at radius 1 is 0.935 bits per heavy atom. The lowest BCUT2D eigenvalue weighted by atomic mass is 9.92. The molecule has 0 unspecified atom stereocenters. The van der Waals surface area contributed by atoms with Gasteiger partial charge in [-0.3, -0.25) is 14.5 Å². The van der Waals surface area contributed by atoms with Gasteiger partial charge in [0.25, 0.3) is 0 Å². The normalized spacial score (nSPS) is 23.0. The Labute approximate surface area is 187 Å². The summed E-state index contributed by atoms with van der Waals surface area (Å²) in [6.45, 7) is 10.6. The standard InChI is InChI=1S/C25H38N4O2/c1-21-5-2-3-6-23(21)19-26-13-9-24(10-14-26)28-15-7-22(8-16-28)25(31)29-12-4-11-27(20-30)17-18-29/h2-3,5-6,20,22,24H,4,7-19H2,1H3. The molecule has 0 N–H and O–H groups in total. The molecule has 6 heteroatoms. The zero-order chi connectivity index (χ0) is 21.6. The summed E-state index contributed by atoms with van der Waals surface area (Å²) in [5.74, 6) is 0.487. The lowest BCUT2D eigenvalue weighted by Gasteiger charge is -2.42. The highest BCUT2D eigenvalue weighted by molar-refractivity contribution is 5.79. The lowest BCUT2D eigenvalue weighted by molar-refractivity contribution is -0.137. The van der Waals surface area contributed by atoms with Crippen molar-refractivity contribution >= 4 is 12.3 Å². The van der Waals surface area contributed by atoms with Crippen LogP contribution in [0.25, 0.3) is 0 Å². The maximum atomic E-state index is 13.0. The van der Waals surface area contributed by atoms with Gasteiger partial charge in [0.05, 0.1) is 0 Å². The SMILES string of the molecule is Cc1ccccc1CN1CCC(N2CCC(C(=O)N3CCCN(C=O)CC3)CC2)CC1. The first kappa shape index (κ1) is 22.3. The van der Waals surface area contributed by atoms with E-state index in [0.717, 1.165) is 58.4 Å². The molecule has 1 aromatic carbocycles. The average molecular weight is 427 g/mol. The van der Waals surface area contributed by atoms with Gasteiger partial charge in [-0.05, 0) is 76.3 Å². The number of hydrogen-bond donors (Lipinski definition) is 0. The molecule has 6 nitrogen and oxygen atoms in total. The minimum absolute atomic E-state index is 0.167. The van der Waals surface area contributed by atoms with Crippen LogP contribution in [-0.2, 0) is 16.1 Å². The fraction of sp³-hybridized carbons (Fsp3) is 0.680. The molecule has 3 saturated heterocycles. The summed E-state index contributed by atoms with van der Waals surface area (Å²) in [6.07, 6.45) is 6.24. The van der Waals surface area contributed by atoms with E-state index >= 15 is 0 Å². The van der Waals surface area contributed by atoms with E-state index in [0.29, 0.717) is 25.0 Å². The number of benzene rings is 1. The van der Waals surface area contributed by atoms with Crippen LogP contribution in [0.5, 0.6) is 0 Å². The van der Waals surface area contributed by atoms with Crippen LogP contribution in [0.2, 0.25) is 0 Å². The first-order valence-electron chi connectivity index (χ1n) is 12.1. The van der Waals surface area contributed by atoms with Crippen molar-refractivity contribution in [2.75, 3.05) is 52.4 Å². The molecule has 31 heavy (non-hydrogen) atoms. The van der Waals surface area contributed by atoms with Gasteiger partial charge in [0.1, 0.15) is 0 Å². The van der Waals surface area contributed by atoms with Gasteiger partial charge in [-0.15, -0.1) is 0 Å². The van der Waals surface area contributed by atoms with Crippen molar-refractivity contribution in [3.8, 4) is 0 Å². The summed E-state index contributed by atoms with van der Waals surface area (Å²) in [5.41, 5.74) is 2.84. The molecule has 3 heterocycles. The quantitative estimate of drug-likeness (QED) is 0.678. The van der Waals surface area contributed by atoms with E-state index in [9.17, 15) is 9.59 Å². The minimum Gasteiger partial charge on any atom is -0.343 e. The number of hydrogen-bond acceptors (Lipinski definition) is 4. The summed E-state index contributed by atoms with van der Waals surface area (Å²) in [6, 6.07) is 9.39. The highest BCUT2D eigenvalue weighted by Gasteiger charge is 2.33. The van der Waals surface area contributed by atoms with Crippen molar-refractivity contribution in [1.82, 2.24) is 19.6 Å². The topological polar surface area (TPSA) is 47.1 Å². The van der Waals surface area contributed by atoms with Gasteiger partial charge in [0, 0.05) is 44.7 Å². The molecule has 3 fully saturated rings. The number of aryl methyl sites for hydroxylation is 1. The van der Waals surface area contributed by atoms with E-state index in [4.69, 9.17) is 0 Å². The second-order valence-electron chi connectivity index (χ2n) is 9.56. The molecule has 2 amide bonds. The second kappa shape index (κ2) is 10.6. The van der Waals surface area contributed by atoms with Gasteiger partial charge >= 0.3 is 0 Å². The fourth-order valence-corrected chi connectivity index (χ4v) is 5.50. The molecule has 0 aliphatic carbocycles. The van der Waals surface area contributed by atoms with E-state index in [2.05, 4.69) is 41.0 Å². The molecule has 3 aliphatic rings. The predicted molar refractivity (Wildman–Crippen MR) is 123 cm³/mol. The largest absolute Gasteiger partial charge is 0.343 e. The summed E-state index contributed by atoms with van der Waals surface area (Å²) in [4.78, 5) is 33.1. The van der Waals surface area contributed by atoms with Crippen molar-refractivity contribution in [3.63, 3.8) is 0 Å². The molecule has 1 aromatic rings. The van der Waals surface area contributed by atoms with Crippen molar-refractivity contribution in [2.45, 2.75) is 51.6 Å². The van der Waals surface area contributed by atoms with Gasteiger partial charge in [-0.2, -0.15) is 0 Å². The van der Waals surface area contributed by atoms with E-state index in [1.807, 2.05) is 4.90 Å². The summed E-state index contributed by atoms with van der Waals surface area (Å²) in [5, 5.41) is 0. The third kappa shape index (κ3) is 5.66. The average Bonchev–Trinajstić information content (AvgIpc) is 3.06. The smallest absolute Gasteiger partial charge is 0.225 e. The van der Waals surface area contributed by atoms with Gasteiger partial charge in [-0.25, -0.2) is 0 Å². The predicted octanol–water partition coefficient (Wildman–Crippen LogP) is 2.36. The van der Waals surface area contributed by atoms with Crippen molar-refractivity contribution in [2.24, 2.45) is 5.92 Å². The summed E-state index contributed by atoms with van der Waals surface area (Å²) >= 11 is 0. The molecule has 3 aliphatic heterocycles. The van der Waals surface area contributed by atoms with E-state index < -0.39 is 0 Å². The Kier molecular flexibility index (Phi) is 7.62. The Balaban J connectivity index is 1.20. The molecular formula is C25H38N4O2. The number of carbonyl (C=O) groups excluding carboxylic acids is 2. The van der Waals surface area contributed by atoms with Crippen molar-refractivity contribution in [3.05, 3.63) is 35.4 Å². The van der Waals surface area contributed by atoms with Crippen LogP contribution in [-0.4, -0.2) is 90.3 Å². The lowest BCUT2D eigenvalue weighted by Crippen LogP contribution is -2.49. The van der Waals surface area contributed by atoms with Gasteiger partial charge in [0.2, 0.25) is 12.3 Å². The van der Waals surface area contributed by atoms with Crippen LogP contribution < -0.4 is 0 Å². The maximum Gasteiger partial charge on any atom is 0.225 e. The fourth-order valence-electron chi connectivity index (χ4n) is 5.50.